The molecule has 0 amide bonds. The summed E-state index contributed by atoms with van der Waals surface area (Å²) < 4.78 is 0. The van der Waals surface area contributed by atoms with Crippen LogP contribution in [0.5, 0.6) is 0 Å². The molecule has 0 aromatic carbocycles. The second-order valence-corrected chi connectivity index (χ2v) is 6.43. The molecule has 0 saturated heterocycles. The molecule has 0 radical (unpaired) electrons. The van der Waals surface area contributed by atoms with Crippen molar-refractivity contribution >= 4 is 0 Å². The fourth-order valence-electron chi connectivity index (χ4n) is 2.61. The molecule has 17 heavy (non-hydrogen) atoms. The van der Waals surface area contributed by atoms with E-state index >= 15 is 0 Å². The predicted molar refractivity (Wildman–Crippen MR) is 76.4 cm³/mol. The minimum Gasteiger partial charge on any atom is -0.311 e. The molecule has 0 unspecified atom stereocenters. The Labute approximate surface area is 108 Å². The number of rotatable bonds is 7. The van der Waals surface area contributed by atoms with E-state index in [0.717, 1.165) is 12.5 Å². The van der Waals surface area contributed by atoms with E-state index in [1.54, 1.807) is 0 Å². The number of nitrogens with zero attached hydrogens (tertiary/aromatic N) is 1. The minimum absolute atomic E-state index is 0.297. The van der Waals surface area contributed by atoms with Gasteiger partial charge in [0, 0.05) is 25.2 Å². The molecule has 2 nitrogen and oxygen atoms in total. The second kappa shape index (κ2) is 7.38. The summed E-state index contributed by atoms with van der Waals surface area (Å²) >= 11 is 0. The van der Waals surface area contributed by atoms with Crippen LogP contribution in [0.2, 0.25) is 0 Å². The molecule has 0 bridgehead atoms. The molecule has 0 heterocycles. The summed E-state index contributed by atoms with van der Waals surface area (Å²) in [7, 11) is 2.27. The van der Waals surface area contributed by atoms with Gasteiger partial charge in [0.1, 0.15) is 0 Å². The van der Waals surface area contributed by atoms with Crippen LogP contribution >= 0.6 is 0 Å². The zero-order valence-electron chi connectivity index (χ0n) is 12.4. The summed E-state index contributed by atoms with van der Waals surface area (Å²) in [6.07, 6.45) is 8.49. The first kappa shape index (κ1) is 15.0. The van der Waals surface area contributed by atoms with Crippen LogP contribution in [0.3, 0.4) is 0 Å². The highest BCUT2D eigenvalue weighted by molar-refractivity contribution is 4.76. The van der Waals surface area contributed by atoms with Crippen molar-refractivity contribution in [1.82, 2.24) is 10.2 Å². The van der Waals surface area contributed by atoms with Crippen LogP contribution in [-0.4, -0.2) is 37.1 Å². The molecule has 2 heteroatoms. The van der Waals surface area contributed by atoms with E-state index in [0.29, 0.717) is 5.54 Å². The predicted octanol–water partition coefficient (Wildman–Crippen LogP) is 3.28. The molecule has 1 N–H and O–H groups in total. The van der Waals surface area contributed by atoms with Crippen molar-refractivity contribution in [3.63, 3.8) is 0 Å². The molecule has 0 atom stereocenters. The fraction of sp³-hybridized carbons (Fsp3) is 1.00. The maximum atomic E-state index is 3.64. The summed E-state index contributed by atoms with van der Waals surface area (Å²) in [6.45, 7) is 10.4. The molecule has 1 saturated carbocycles. The molecule has 102 valence electrons. The molecule has 1 aliphatic carbocycles. The zero-order chi connectivity index (χ0) is 12.7. The van der Waals surface area contributed by atoms with Crippen LogP contribution in [0.4, 0.5) is 0 Å². The molecule has 1 aliphatic rings. The first-order chi connectivity index (χ1) is 8.03. The average molecular weight is 240 g/mol. The maximum Gasteiger partial charge on any atom is 0.0123 e. The van der Waals surface area contributed by atoms with Gasteiger partial charge in [0.2, 0.25) is 0 Å². The average Bonchev–Trinajstić information content (AvgIpc) is 2.30. The van der Waals surface area contributed by atoms with Gasteiger partial charge in [-0.1, -0.05) is 26.2 Å². The molecule has 1 fully saturated rings. The fourth-order valence-corrected chi connectivity index (χ4v) is 2.61. The van der Waals surface area contributed by atoms with Crippen LogP contribution in [-0.2, 0) is 0 Å². The summed E-state index contributed by atoms with van der Waals surface area (Å²) in [4.78, 5) is 2.51. The number of hydrogen-bond acceptors (Lipinski definition) is 2. The van der Waals surface area contributed by atoms with E-state index in [4.69, 9.17) is 0 Å². The second-order valence-electron chi connectivity index (χ2n) is 6.43. The third-order valence-corrected chi connectivity index (χ3v) is 4.28. The number of nitrogens with one attached hydrogen (secondary N) is 1. The smallest absolute Gasteiger partial charge is 0.0123 e. The van der Waals surface area contributed by atoms with Crippen molar-refractivity contribution in [2.75, 3.05) is 26.7 Å². The Bertz CT molecular complexity index is 195. The van der Waals surface area contributed by atoms with E-state index in [1.165, 1.54) is 51.6 Å². The third kappa shape index (κ3) is 6.42. The van der Waals surface area contributed by atoms with E-state index in [-0.39, 0.29) is 0 Å². The van der Waals surface area contributed by atoms with Crippen molar-refractivity contribution in [3.8, 4) is 0 Å². The first-order valence-corrected chi connectivity index (χ1v) is 7.47. The van der Waals surface area contributed by atoms with Gasteiger partial charge in [-0.15, -0.1) is 0 Å². The summed E-state index contributed by atoms with van der Waals surface area (Å²) in [5, 5.41) is 3.64. The monoisotopic (exact) mass is 240 g/mol. The van der Waals surface area contributed by atoms with E-state index < -0.39 is 0 Å². The molecular formula is C15H32N2. The maximum absolute atomic E-state index is 3.64. The Hall–Kier alpha value is -0.0800. The Kier molecular flexibility index (Phi) is 6.50. The molecule has 1 rings (SSSR count). The van der Waals surface area contributed by atoms with Gasteiger partial charge in [-0.3, -0.25) is 0 Å². The van der Waals surface area contributed by atoms with Crippen LogP contribution in [0.15, 0.2) is 0 Å². The lowest BCUT2D eigenvalue weighted by molar-refractivity contribution is 0.226. The van der Waals surface area contributed by atoms with E-state index in [2.05, 4.69) is 38.0 Å². The highest BCUT2D eigenvalue weighted by Crippen LogP contribution is 2.23. The first-order valence-electron chi connectivity index (χ1n) is 7.47. The molecule has 0 aromatic heterocycles. The SMILES string of the molecule is CCC(C)(C)NCCN(C)CC1CCCCC1. The molecular weight excluding hydrogens is 208 g/mol. The summed E-state index contributed by atoms with van der Waals surface area (Å²) in [6, 6.07) is 0. The van der Waals surface area contributed by atoms with E-state index in [9.17, 15) is 0 Å². The minimum atomic E-state index is 0.297. The van der Waals surface area contributed by atoms with Crippen LogP contribution in [0.1, 0.15) is 59.3 Å². The quantitative estimate of drug-likeness (QED) is 0.735. The molecule has 0 aromatic rings. The summed E-state index contributed by atoms with van der Waals surface area (Å²) in [5.41, 5.74) is 0.297. The zero-order valence-corrected chi connectivity index (χ0v) is 12.4. The number of hydrogen-bond donors (Lipinski definition) is 1. The van der Waals surface area contributed by atoms with Crippen LogP contribution < -0.4 is 5.32 Å². The highest BCUT2D eigenvalue weighted by Gasteiger charge is 2.16. The lowest BCUT2D eigenvalue weighted by Crippen LogP contribution is -2.43. The lowest BCUT2D eigenvalue weighted by Gasteiger charge is -2.29. The highest BCUT2D eigenvalue weighted by atomic mass is 15.1. The largest absolute Gasteiger partial charge is 0.311 e. The summed E-state index contributed by atoms with van der Waals surface area (Å²) in [5.74, 6) is 0.966. The van der Waals surface area contributed by atoms with Crippen molar-refractivity contribution in [2.45, 2.75) is 64.8 Å². The third-order valence-electron chi connectivity index (χ3n) is 4.28. The van der Waals surface area contributed by atoms with Crippen molar-refractivity contribution in [2.24, 2.45) is 5.92 Å². The van der Waals surface area contributed by atoms with Crippen LogP contribution in [0, 0.1) is 5.92 Å². The Morgan fingerprint density at radius 3 is 2.41 bits per heavy atom. The Morgan fingerprint density at radius 2 is 1.82 bits per heavy atom. The Morgan fingerprint density at radius 1 is 1.18 bits per heavy atom. The van der Waals surface area contributed by atoms with Crippen molar-refractivity contribution in [1.29, 1.82) is 0 Å². The standard InChI is InChI=1S/C15H32N2/c1-5-15(2,3)16-11-12-17(4)13-14-9-7-6-8-10-14/h14,16H,5-13H2,1-4H3. The molecule has 0 spiro atoms. The molecule has 0 aliphatic heterocycles. The lowest BCUT2D eigenvalue weighted by atomic mass is 9.89. The van der Waals surface area contributed by atoms with Gasteiger partial charge in [0.05, 0.1) is 0 Å². The normalized spacial score (nSPS) is 18.9. The van der Waals surface area contributed by atoms with Gasteiger partial charge < -0.3 is 10.2 Å². The number of likely N-dealkylation sites (N-methyl/N-ethyl adjacent to an activating group) is 1. The van der Waals surface area contributed by atoms with Gasteiger partial charge in [-0.25, -0.2) is 0 Å². The van der Waals surface area contributed by atoms with Crippen molar-refractivity contribution < 1.29 is 0 Å². The van der Waals surface area contributed by atoms with Gasteiger partial charge in [0.15, 0.2) is 0 Å². The Balaban J connectivity index is 2.10. The van der Waals surface area contributed by atoms with Gasteiger partial charge in [-0.05, 0) is 46.1 Å². The topological polar surface area (TPSA) is 15.3 Å². The van der Waals surface area contributed by atoms with Gasteiger partial charge >= 0.3 is 0 Å². The van der Waals surface area contributed by atoms with Crippen molar-refractivity contribution in [3.05, 3.63) is 0 Å². The van der Waals surface area contributed by atoms with Crippen LogP contribution in [0.25, 0.3) is 0 Å². The van der Waals surface area contributed by atoms with Gasteiger partial charge in [0.25, 0.3) is 0 Å². The van der Waals surface area contributed by atoms with E-state index in [1.807, 2.05) is 0 Å². The van der Waals surface area contributed by atoms with Gasteiger partial charge in [-0.2, -0.15) is 0 Å².